The molecular formula is C27H42ClNO2. The molecule has 0 heterocycles. The lowest BCUT2D eigenvalue weighted by atomic mass is 9.80. The highest BCUT2D eigenvalue weighted by molar-refractivity contribution is 6.23. The van der Waals surface area contributed by atoms with E-state index in [9.17, 15) is 0 Å². The van der Waals surface area contributed by atoms with Gasteiger partial charge in [0, 0.05) is 11.1 Å². The maximum atomic E-state index is 7.03. The Balaban J connectivity index is 0.00000480. The first-order valence-electron chi connectivity index (χ1n) is 11.4. The summed E-state index contributed by atoms with van der Waals surface area (Å²) in [4.78, 5) is -0.488. The van der Waals surface area contributed by atoms with Gasteiger partial charge in [-0.05, 0) is 75.1 Å². The molecule has 0 spiro atoms. The van der Waals surface area contributed by atoms with Crippen molar-refractivity contribution in [3.63, 3.8) is 0 Å². The van der Waals surface area contributed by atoms with Gasteiger partial charge < -0.3 is 15.6 Å². The summed E-state index contributed by atoms with van der Waals surface area (Å²) < 4.78 is 12.8. The minimum atomic E-state index is -0.488. The van der Waals surface area contributed by atoms with Crippen molar-refractivity contribution in [3.8, 4) is 17.2 Å². The third-order valence-corrected chi connectivity index (χ3v) is 5.34. The molecule has 0 aliphatic rings. The van der Waals surface area contributed by atoms with Crippen LogP contribution in [0.15, 0.2) is 30.3 Å². The standard InChI is InChI=1S/C27H39ClO2.H3N/c1-9-21-24(27(7,8)28)22(16-18(3)4)23(17-19(5)6)26(25(21)29-10-2)30-20-14-12-11-13-15-20;/h11-15,18-19H,9-10,16-17H2,1-8H3;1H3. The summed E-state index contributed by atoms with van der Waals surface area (Å²) in [6.45, 7) is 18.0. The summed E-state index contributed by atoms with van der Waals surface area (Å²) in [5, 5.41) is 0. The Morgan fingerprint density at radius 3 is 1.84 bits per heavy atom. The highest BCUT2D eigenvalue weighted by atomic mass is 35.5. The average molecular weight is 448 g/mol. The number of alkyl halides is 1. The van der Waals surface area contributed by atoms with Crippen molar-refractivity contribution in [3.05, 3.63) is 52.6 Å². The van der Waals surface area contributed by atoms with Gasteiger partial charge in [-0.25, -0.2) is 0 Å². The lowest BCUT2D eigenvalue weighted by Gasteiger charge is -2.32. The van der Waals surface area contributed by atoms with Gasteiger partial charge in [-0.1, -0.05) is 52.8 Å². The predicted octanol–water partition coefficient (Wildman–Crippen LogP) is 8.47. The van der Waals surface area contributed by atoms with E-state index in [0.717, 1.165) is 36.5 Å². The van der Waals surface area contributed by atoms with Crippen LogP contribution in [0.25, 0.3) is 0 Å². The van der Waals surface area contributed by atoms with Crippen molar-refractivity contribution in [1.29, 1.82) is 0 Å². The van der Waals surface area contributed by atoms with Crippen molar-refractivity contribution in [1.82, 2.24) is 6.15 Å². The van der Waals surface area contributed by atoms with E-state index in [1.165, 1.54) is 22.3 Å². The molecule has 0 radical (unpaired) electrons. The molecule has 0 aliphatic carbocycles. The maximum absolute atomic E-state index is 7.03. The van der Waals surface area contributed by atoms with Crippen molar-refractivity contribution in [2.45, 2.75) is 79.5 Å². The zero-order valence-corrected chi connectivity index (χ0v) is 21.5. The van der Waals surface area contributed by atoms with Crippen molar-refractivity contribution in [2.75, 3.05) is 6.61 Å². The quantitative estimate of drug-likeness (QED) is 0.371. The first-order chi connectivity index (χ1) is 14.1. The predicted molar refractivity (Wildman–Crippen MR) is 134 cm³/mol. The van der Waals surface area contributed by atoms with Gasteiger partial charge in [0.2, 0.25) is 0 Å². The second-order valence-corrected chi connectivity index (χ2v) is 10.3. The molecule has 0 saturated carbocycles. The van der Waals surface area contributed by atoms with E-state index in [0.29, 0.717) is 18.4 Å². The van der Waals surface area contributed by atoms with E-state index < -0.39 is 4.87 Å². The Hall–Kier alpha value is -1.71. The summed E-state index contributed by atoms with van der Waals surface area (Å²) in [5.41, 5.74) is 4.97. The first-order valence-corrected chi connectivity index (χ1v) is 11.7. The normalized spacial score (nSPS) is 11.6. The minimum Gasteiger partial charge on any atom is -0.490 e. The lowest BCUT2D eigenvalue weighted by molar-refractivity contribution is 0.314. The molecule has 0 aromatic heterocycles. The Morgan fingerprint density at radius 1 is 0.839 bits per heavy atom. The first kappa shape index (κ1) is 27.3. The fourth-order valence-corrected chi connectivity index (χ4v) is 4.41. The van der Waals surface area contributed by atoms with E-state index in [1.54, 1.807) is 0 Å². The molecule has 2 aromatic rings. The van der Waals surface area contributed by atoms with E-state index in [4.69, 9.17) is 21.1 Å². The van der Waals surface area contributed by atoms with Crippen LogP contribution in [0.2, 0.25) is 0 Å². The van der Waals surface area contributed by atoms with Crippen LogP contribution in [0.3, 0.4) is 0 Å². The molecule has 3 N–H and O–H groups in total. The Kier molecular flexibility index (Phi) is 10.4. The molecule has 0 aliphatic heterocycles. The maximum Gasteiger partial charge on any atom is 0.173 e. The molecule has 0 amide bonds. The fourth-order valence-electron chi connectivity index (χ4n) is 4.18. The van der Waals surface area contributed by atoms with Crippen LogP contribution in [0.5, 0.6) is 17.2 Å². The smallest absolute Gasteiger partial charge is 0.173 e. The summed E-state index contributed by atoms with van der Waals surface area (Å²) in [6.07, 6.45) is 2.74. The van der Waals surface area contributed by atoms with Gasteiger partial charge in [0.1, 0.15) is 5.75 Å². The molecule has 0 fully saturated rings. The largest absolute Gasteiger partial charge is 0.490 e. The monoisotopic (exact) mass is 447 g/mol. The molecule has 0 atom stereocenters. The van der Waals surface area contributed by atoms with Crippen molar-refractivity contribution >= 4 is 11.6 Å². The SMILES string of the molecule is CCOc1c(CC)c(C(C)(C)Cl)c(CC(C)C)c(CC(C)C)c1Oc1ccccc1.N. The summed E-state index contributed by atoms with van der Waals surface area (Å²) >= 11 is 7.03. The van der Waals surface area contributed by atoms with Crippen LogP contribution in [-0.4, -0.2) is 6.61 Å². The van der Waals surface area contributed by atoms with Crippen molar-refractivity contribution < 1.29 is 9.47 Å². The molecule has 2 rings (SSSR count). The van der Waals surface area contributed by atoms with Gasteiger partial charge >= 0.3 is 0 Å². The zero-order valence-electron chi connectivity index (χ0n) is 20.8. The van der Waals surface area contributed by atoms with Gasteiger partial charge in [0.25, 0.3) is 0 Å². The fraction of sp³-hybridized carbons (Fsp3) is 0.556. The second-order valence-electron chi connectivity index (χ2n) is 9.34. The molecule has 0 saturated heterocycles. The Morgan fingerprint density at radius 2 is 1.39 bits per heavy atom. The van der Waals surface area contributed by atoms with E-state index in [1.807, 2.05) is 37.3 Å². The van der Waals surface area contributed by atoms with Crippen LogP contribution in [0.1, 0.15) is 77.6 Å². The number of benzene rings is 2. The molecule has 31 heavy (non-hydrogen) atoms. The number of hydrogen-bond donors (Lipinski definition) is 1. The lowest BCUT2D eigenvalue weighted by Crippen LogP contribution is -2.20. The van der Waals surface area contributed by atoms with Crippen LogP contribution >= 0.6 is 11.6 Å². The Labute approximate surface area is 195 Å². The van der Waals surface area contributed by atoms with E-state index in [-0.39, 0.29) is 6.15 Å². The zero-order chi connectivity index (χ0) is 22.5. The number of para-hydroxylation sites is 1. The van der Waals surface area contributed by atoms with Gasteiger partial charge in [-0.2, -0.15) is 0 Å². The summed E-state index contributed by atoms with van der Waals surface area (Å²) in [5.74, 6) is 3.56. The number of ether oxygens (including phenoxy) is 2. The topological polar surface area (TPSA) is 53.5 Å². The van der Waals surface area contributed by atoms with Gasteiger partial charge in [-0.3, -0.25) is 0 Å². The molecule has 0 unspecified atom stereocenters. The molecule has 4 heteroatoms. The van der Waals surface area contributed by atoms with Crippen molar-refractivity contribution in [2.24, 2.45) is 11.8 Å². The second kappa shape index (κ2) is 11.8. The molecule has 3 nitrogen and oxygen atoms in total. The molecule has 2 aromatic carbocycles. The number of rotatable bonds is 10. The van der Waals surface area contributed by atoms with Crippen LogP contribution < -0.4 is 15.6 Å². The summed E-state index contributed by atoms with van der Waals surface area (Å²) in [6, 6.07) is 10.0. The van der Waals surface area contributed by atoms with Crippen LogP contribution in [0.4, 0.5) is 0 Å². The molecular weight excluding hydrogens is 406 g/mol. The third-order valence-electron chi connectivity index (χ3n) is 5.15. The van der Waals surface area contributed by atoms with Gasteiger partial charge in [0.15, 0.2) is 11.5 Å². The molecule has 174 valence electrons. The van der Waals surface area contributed by atoms with Gasteiger partial charge in [0.05, 0.1) is 11.5 Å². The highest BCUT2D eigenvalue weighted by Crippen LogP contribution is 2.49. The summed E-state index contributed by atoms with van der Waals surface area (Å²) in [7, 11) is 0. The van der Waals surface area contributed by atoms with Crippen LogP contribution in [-0.2, 0) is 24.1 Å². The van der Waals surface area contributed by atoms with Crippen LogP contribution in [0, 0.1) is 11.8 Å². The van der Waals surface area contributed by atoms with Gasteiger partial charge in [-0.15, -0.1) is 11.6 Å². The third kappa shape index (κ3) is 6.89. The highest BCUT2D eigenvalue weighted by Gasteiger charge is 2.32. The number of hydrogen-bond acceptors (Lipinski definition) is 3. The molecule has 0 bridgehead atoms. The van der Waals surface area contributed by atoms with E-state index in [2.05, 4.69) is 48.5 Å². The Bertz CT molecular complexity index is 824. The average Bonchev–Trinajstić information content (AvgIpc) is 2.65. The minimum absolute atomic E-state index is 0. The number of halogens is 1. The van der Waals surface area contributed by atoms with E-state index >= 15 is 0 Å².